The summed E-state index contributed by atoms with van der Waals surface area (Å²) in [5.41, 5.74) is 1.54. The summed E-state index contributed by atoms with van der Waals surface area (Å²) in [4.78, 5) is 0. The lowest BCUT2D eigenvalue weighted by Crippen LogP contribution is -1.89. The summed E-state index contributed by atoms with van der Waals surface area (Å²) in [7, 11) is 3.19. The lowest BCUT2D eigenvalue weighted by atomic mass is 10.1. The fourth-order valence-corrected chi connectivity index (χ4v) is 1.63. The van der Waals surface area contributed by atoms with E-state index in [2.05, 4.69) is 5.16 Å². The van der Waals surface area contributed by atoms with Gasteiger partial charge in [0.15, 0.2) is 0 Å². The summed E-state index contributed by atoms with van der Waals surface area (Å²) >= 11 is 0. The second-order valence-electron chi connectivity index (χ2n) is 3.75. The molecule has 5 heteroatoms. The van der Waals surface area contributed by atoms with E-state index in [0.29, 0.717) is 29.4 Å². The first-order valence-corrected chi connectivity index (χ1v) is 5.56. The molecule has 0 unspecified atom stereocenters. The van der Waals surface area contributed by atoms with Gasteiger partial charge in [-0.1, -0.05) is 5.16 Å². The van der Waals surface area contributed by atoms with Gasteiger partial charge in [-0.15, -0.1) is 0 Å². The van der Waals surface area contributed by atoms with E-state index in [4.69, 9.17) is 19.1 Å². The molecular weight excluding hydrogens is 234 g/mol. The first-order chi connectivity index (χ1) is 8.76. The van der Waals surface area contributed by atoms with Gasteiger partial charge < -0.3 is 19.1 Å². The molecule has 0 radical (unpaired) electrons. The summed E-state index contributed by atoms with van der Waals surface area (Å²) < 4.78 is 15.5. The standard InChI is InChI=1S/C13H15NO4/c1-16-11-5-9(6-12(7-11)17-2)13-8-10(3-4-15)18-14-13/h5-8,15H,3-4H2,1-2H3. The van der Waals surface area contributed by atoms with Crippen LogP contribution in [-0.2, 0) is 6.42 Å². The van der Waals surface area contributed by atoms with Crippen molar-refractivity contribution in [1.82, 2.24) is 5.16 Å². The minimum absolute atomic E-state index is 0.0378. The topological polar surface area (TPSA) is 64.7 Å². The number of aliphatic hydroxyl groups excluding tert-OH is 1. The number of methoxy groups -OCH3 is 2. The Labute approximate surface area is 105 Å². The van der Waals surface area contributed by atoms with E-state index in [1.165, 1.54) is 0 Å². The molecule has 1 heterocycles. The summed E-state index contributed by atoms with van der Waals surface area (Å²) in [5, 5.41) is 12.8. The van der Waals surface area contributed by atoms with Crippen molar-refractivity contribution >= 4 is 0 Å². The van der Waals surface area contributed by atoms with Crippen LogP contribution >= 0.6 is 0 Å². The maximum absolute atomic E-state index is 8.84. The predicted octanol–water partition coefficient (Wildman–Crippen LogP) is 1.89. The van der Waals surface area contributed by atoms with E-state index < -0.39 is 0 Å². The second kappa shape index (κ2) is 5.55. The molecule has 1 N–H and O–H groups in total. The van der Waals surface area contributed by atoms with E-state index in [1.807, 2.05) is 12.1 Å². The molecule has 0 aliphatic carbocycles. The highest BCUT2D eigenvalue weighted by Crippen LogP contribution is 2.29. The number of aromatic nitrogens is 1. The van der Waals surface area contributed by atoms with Gasteiger partial charge >= 0.3 is 0 Å². The van der Waals surface area contributed by atoms with Crippen LogP contribution in [0.3, 0.4) is 0 Å². The normalized spacial score (nSPS) is 10.4. The molecule has 0 amide bonds. The average Bonchev–Trinajstić information content (AvgIpc) is 2.87. The molecule has 0 fully saturated rings. The van der Waals surface area contributed by atoms with E-state index >= 15 is 0 Å². The van der Waals surface area contributed by atoms with Crippen molar-refractivity contribution in [3.8, 4) is 22.8 Å². The SMILES string of the molecule is COc1cc(OC)cc(-c2cc(CCO)on2)c1. The van der Waals surface area contributed by atoms with Gasteiger partial charge in [-0.2, -0.15) is 0 Å². The summed E-state index contributed by atoms with van der Waals surface area (Å²) in [5.74, 6) is 2.03. The number of nitrogens with zero attached hydrogens (tertiary/aromatic N) is 1. The molecular formula is C13H15NO4. The fourth-order valence-electron chi connectivity index (χ4n) is 1.63. The van der Waals surface area contributed by atoms with Crippen LogP contribution in [0.1, 0.15) is 5.76 Å². The fraction of sp³-hybridized carbons (Fsp3) is 0.308. The smallest absolute Gasteiger partial charge is 0.139 e. The van der Waals surface area contributed by atoms with Gasteiger partial charge in [0.1, 0.15) is 23.0 Å². The molecule has 18 heavy (non-hydrogen) atoms. The van der Waals surface area contributed by atoms with Crippen molar-refractivity contribution in [1.29, 1.82) is 0 Å². The van der Waals surface area contributed by atoms with Crippen LogP contribution < -0.4 is 9.47 Å². The molecule has 96 valence electrons. The Kier molecular flexibility index (Phi) is 3.84. The van der Waals surface area contributed by atoms with Crippen molar-refractivity contribution in [3.05, 3.63) is 30.0 Å². The zero-order valence-electron chi connectivity index (χ0n) is 10.3. The maximum Gasteiger partial charge on any atom is 0.139 e. The molecule has 5 nitrogen and oxygen atoms in total. The molecule has 1 aromatic heterocycles. The number of hydrogen-bond acceptors (Lipinski definition) is 5. The van der Waals surface area contributed by atoms with Gasteiger partial charge in [0.2, 0.25) is 0 Å². The van der Waals surface area contributed by atoms with E-state index in [0.717, 1.165) is 5.56 Å². The highest BCUT2D eigenvalue weighted by molar-refractivity contribution is 5.63. The number of hydrogen-bond donors (Lipinski definition) is 1. The van der Waals surface area contributed by atoms with E-state index in [9.17, 15) is 0 Å². The van der Waals surface area contributed by atoms with Crippen LogP contribution in [0.4, 0.5) is 0 Å². The summed E-state index contributed by atoms with van der Waals surface area (Å²) in [6, 6.07) is 7.29. The molecule has 0 aliphatic rings. The van der Waals surface area contributed by atoms with Crippen LogP contribution in [0, 0.1) is 0 Å². The van der Waals surface area contributed by atoms with Gasteiger partial charge in [0.25, 0.3) is 0 Å². The van der Waals surface area contributed by atoms with Crippen molar-refractivity contribution in [3.63, 3.8) is 0 Å². The zero-order chi connectivity index (χ0) is 13.0. The van der Waals surface area contributed by atoms with Crippen LogP contribution in [0.15, 0.2) is 28.8 Å². The summed E-state index contributed by atoms with van der Waals surface area (Å²) in [6.07, 6.45) is 0.452. The van der Waals surface area contributed by atoms with Gasteiger partial charge in [-0.3, -0.25) is 0 Å². The number of aliphatic hydroxyl groups is 1. The largest absolute Gasteiger partial charge is 0.497 e. The van der Waals surface area contributed by atoms with Crippen molar-refractivity contribution in [2.24, 2.45) is 0 Å². The van der Waals surface area contributed by atoms with Gasteiger partial charge in [0, 0.05) is 24.1 Å². The first-order valence-electron chi connectivity index (χ1n) is 5.56. The molecule has 0 saturated carbocycles. The van der Waals surface area contributed by atoms with Crippen molar-refractivity contribution in [2.75, 3.05) is 20.8 Å². The molecule has 0 atom stereocenters. The Hall–Kier alpha value is -2.01. The lowest BCUT2D eigenvalue weighted by Gasteiger charge is -2.06. The number of rotatable bonds is 5. The van der Waals surface area contributed by atoms with Gasteiger partial charge in [-0.25, -0.2) is 0 Å². The van der Waals surface area contributed by atoms with Gasteiger partial charge in [-0.05, 0) is 12.1 Å². The minimum Gasteiger partial charge on any atom is -0.497 e. The highest BCUT2D eigenvalue weighted by atomic mass is 16.5. The quantitative estimate of drug-likeness (QED) is 0.876. The monoisotopic (exact) mass is 249 g/mol. The van der Waals surface area contributed by atoms with E-state index in [1.54, 1.807) is 26.4 Å². The van der Waals surface area contributed by atoms with Crippen LogP contribution in [0.25, 0.3) is 11.3 Å². The maximum atomic E-state index is 8.84. The Morgan fingerprint density at radius 2 is 1.78 bits per heavy atom. The van der Waals surface area contributed by atoms with Crippen LogP contribution in [0.5, 0.6) is 11.5 Å². The molecule has 0 spiro atoms. The molecule has 2 aromatic rings. The molecule has 0 bridgehead atoms. The highest BCUT2D eigenvalue weighted by Gasteiger charge is 2.09. The van der Waals surface area contributed by atoms with E-state index in [-0.39, 0.29) is 6.61 Å². The van der Waals surface area contributed by atoms with Gasteiger partial charge in [0.05, 0.1) is 20.8 Å². The zero-order valence-corrected chi connectivity index (χ0v) is 10.3. The van der Waals surface area contributed by atoms with Crippen molar-refractivity contribution in [2.45, 2.75) is 6.42 Å². The molecule has 2 rings (SSSR count). The second-order valence-corrected chi connectivity index (χ2v) is 3.75. The number of benzene rings is 1. The molecule has 0 aliphatic heterocycles. The molecule has 0 saturated heterocycles. The molecule has 1 aromatic carbocycles. The number of ether oxygens (including phenoxy) is 2. The predicted molar refractivity (Wildman–Crippen MR) is 65.8 cm³/mol. The minimum atomic E-state index is 0.0378. The third-order valence-electron chi connectivity index (χ3n) is 2.56. The average molecular weight is 249 g/mol. The third kappa shape index (κ3) is 2.62. The first kappa shape index (κ1) is 12.4. The van der Waals surface area contributed by atoms with Crippen LogP contribution in [-0.4, -0.2) is 31.1 Å². The Balaban J connectivity index is 2.35. The Bertz CT molecular complexity index is 499. The van der Waals surface area contributed by atoms with Crippen LogP contribution in [0.2, 0.25) is 0 Å². The lowest BCUT2D eigenvalue weighted by molar-refractivity contribution is 0.277. The Morgan fingerprint density at radius 1 is 1.11 bits per heavy atom. The third-order valence-corrected chi connectivity index (χ3v) is 2.56. The Morgan fingerprint density at radius 3 is 2.33 bits per heavy atom. The van der Waals surface area contributed by atoms with Crippen molar-refractivity contribution < 1.29 is 19.1 Å². The summed E-state index contributed by atoms with van der Waals surface area (Å²) in [6.45, 7) is 0.0378.